The van der Waals surface area contributed by atoms with E-state index in [1.54, 1.807) is 0 Å². The van der Waals surface area contributed by atoms with Gasteiger partial charge in [0.15, 0.2) is 23.6 Å². The summed E-state index contributed by atoms with van der Waals surface area (Å²) in [6.07, 6.45) is -4.34. The number of benzene rings is 3. The molecule has 3 nitrogen and oxygen atoms in total. The summed E-state index contributed by atoms with van der Waals surface area (Å²) >= 11 is 0. The predicted molar refractivity (Wildman–Crippen MR) is 139 cm³/mol. The Balaban J connectivity index is 1.47. The Hall–Kier alpha value is -4.16. The molecule has 1 fully saturated rings. The zero-order valence-electron chi connectivity index (χ0n) is 22.8. The molecule has 1 saturated carbocycles. The SMILES string of the molecule is C/C=C/C1CCC(c2ccc(C(F)(F)Oc3ccc(C(F)(F)Oc4cc(F)c(OC=C(F)F)c(F)c4)c(F)c3)c(F)c2)CC1. The molecule has 4 rings (SSSR count). The van der Waals surface area contributed by atoms with E-state index in [2.05, 4.69) is 20.3 Å². The van der Waals surface area contributed by atoms with Crippen molar-refractivity contribution in [1.82, 2.24) is 0 Å². The highest BCUT2D eigenvalue weighted by Gasteiger charge is 2.41. The van der Waals surface area contributed by atoms with Gasteiger partial charge >= 0.3 is 18.3 Å². The summed E-state index contributed by atoms with van der Waals surface area (Å²) in [5.74, 6) is -9.54. The van der Waals surface area contributed by atoms with Crippen molar-refractivity contribution in [2.75, 3.05) is 0 Å². The average molecular weight is 635 g/mol. The molecular formula is C31H24F10O3. The van der Waals surface area contributed by atoms with Crippen molar-refractivity contribution < 1.29 is 58.1 Å². The van der Waals surface area contributed by atoms with Gasteiger partial charge in [0.05, 0.1) is 5.56 Å². The number of halogens is 10. The summed E-state index contributed by atoms with van der Waals surface area (Å²) in [5.41, 5.74) is -2.13. The Kier molecular flexibility index (Phi) is 9.85. The summed E-state index contributed by atoms with van der Waals surface area (Å²) in [5, 5.41) is 0. The summed E-state index contributed by atoms with van der Waals surface area (Å²) in [7, 11) is 0. The minimum Gasteiger partial charge on any atom is -0.453 e. The summed E-state index contributed by atoms with van der Waals surface area (Å²) in [6.45, 7) is 1.92. The quantitative estimate of drug-likeness (QED) is 0.126. The van der Waals surface area contributed by atoms with E-state index >= 15 is 0 Å². The molecule has 0 spiro atoms. The smallest absolute Gasteiger partial charge is 0.429 e. The lowest BCUT2D eigenvalue weighted by Crippen LogP contribution is -2.25. The van der Waals surface area contributed by atoms with Gasteiger partial charge in [0.25, 0.3) is 0 Å². The molecule has 0 N–H and O–H groups in total. The van der Waals surface area contributed by atoms with Gasteiger partial charge in [0.2, 0.25) is 0 Å². The lowest BCUT2D eigenvalue weighted by molar-refractivity contribution is -0.189. The number of hydrogen-bond acceptors (Lipinski definition) is 3. The first-order valence-corrected chi connectivity index (χ1v) is 13.2. The molecule has 13 heteroatoms. The Labute approximate surface area is 245 Å². The minimum absolute atomic E-state index is 0.0116. The zero-order valence-corrected chi connectivity index (χ0v) is 22.8. The number of ether oxygens (including phenoxy) is 3. The van der Waals surface area contributed by atoms with E-state index in [4.69, 9.17) is 0 Å². The van der Waals surface area contributed by atoms with Crippen molar-refractivity contribution in [2.24, 2.45) is 5.92 Å². The van der Waals surface area contributed by atoms with Gasteiger partial charge in [-0.25, -0.2) is 17.6 Å². The van der Waals surface area contributed by atoms with Gasteiger partial charge in [-0.3, -0.25) is 0 Å². The van der Waals surface area contributed by atoms with Crippen LogP contribution in [0.15, 0.2) is 73.0 Å². The molecule has 44 heavy (non-hydrogen) atoms. The van der Waals surface area contributed by atoms with Crippen LogP contribution < -0.4 is 14.2 Å². The first-order valence-electron chi connectivity index (χ1n) is 13.2. The average Bonchev–Trinajstić information content (AvgIpc) is 2.92. The molecule has 1 aliphatic carbocycles. The molecule has 1 aliphatic rings. The monoisotopic (exact) mass is 634 g/mol. The van der Waals surface area contributed by atoms with Crippen molar-refractivity contribution in [3.8, 4) is 17.2 Å². The molecule has 0 aliphatic heterocycles. The Morgan fingerprint density at radius 3 is 1.75 bits per heavy atom. The standard InChI is InChI=1S/C31H24F10O3/c1-2-3-17-4-6-18(7-5-17)19-8-10-22(24(32)12-19)30(38,39)43-20-9-11-23(25(33)13-20)31(40,41)44-21-14-26(34)29(27(35)15-21)42-16-28(36)37/h2-3,8-18H,4-7H2,1H3/b3-2+. The van der Waals surface area contributed by atoms with Crippen LogP contribution in [0.1, 0.15) is 55.2 Å². The highest BCUT2D eigenvalue weighted by atomic mass is 19.3. The molecule has 0 atom stereocenters. The molecule has 0 heterocycles. The van der Waals surface area contributed by atoms with Crippen LogP contribution in [0.25, 0.3) is 0 Å². The third kappa shape index (κ3) is 7.67. The fraction of sp³-hybridized carbons (Fsp3) is 0.290. The van der Waals surface area contributed by atoms with Crippen molar-refractivity contribution in [1.29, 1.82) is 0 Å². The van der Waals surface area contributed by atoms with Crippen molar-refractivity contribution in [2.45, 2.75) is 50.7 Å². The number of hydrogen-bond donors (Lipinski definition) is 0. The van der Waals surface area contributed by atoms with Gasteiger partial charge in [0.1, 0.15) is 28.7 Å². The first kappa shape index (κ1) is 32.7. The van der Waals surface area contributed by atoms with E-state index in [0.29, 0.717) is 23.6 Å². The molecule has 3 aromatic rings. The fourth-order valence-electron chi connectivity index (χ4n) is 4.95. The second kappa shape index (κ2) is 13.2. The van der Waals surface area contributed by atoms with Gasteiger partial charge in [-0.05, 0) is 74.3 Å². The second-order valence-electron chi connectivity index (χ2n) is 10.00. The summed E-state index contributed by atoms with van der Waals surface area (Å²) in [4.78, 5) is 0. The Bertz CT molecular complexity index is 1520. The van der Waals surface area contributed by atoms with Crippen LogP contribution in [-0.4, -0.2) is 0 Å². The van der Waals surface area contributed by atoms with E-state index in [0.717, 1.165) is 37.8 Å². The van der Waals surface area contributed by atoms with E-state index < -0.39 is 69.9 Å². The molecule has 3 aromatic carbocycles. The van der Waals surface area contributed by atoms with Crippen LogP contribution in [0.3, 0.4) is 0 Å². The van der Waals surface area contributed by atoms with Crippen LogP contribution in [0.5, 0.6) is 17.2 Å². The zero-order chi connectivity index (χ0) is 32.2. The molecule has 236 valence electrons. The minimum atomic E-state index is -4.61. The van der Waals surface area contributed by atoms with Gasteiger partial charge in [-0.2, -0.15) is 26.3 Å². The topological polar surface area (TPSA) is 27.7 Å². The lowest BCUT2D eigenvalue weighted by Gasteiger charge is -2.27. The third-order valence-electron chi connectivity index (χ3n) is 7.00. The van der Waals surface area contributed by atoms with Gasteiger partial charge in [-0.1, -0.05) is 18.2 Å². The van der Waals surface area contributed by atoms with Gasteiger partial charge in [-0.15, -0.1) is 0 Å². The molecular weight excluding hydrogens is 610 g/mol. The van der Waals surface area contributed by atoms with E-state index in [9.17, 15) is 43.9 Å². The number of allylic oxidation sites excluding steroid dienone is 2. The fourth-order valence-corrected chi connectivity index (χ4v) is 4.95. The highest BCUT2D eigenvalue weighted by molar-refractivity contribution is 5.37. The number of rotatable bonds is 10. The van der Waals surface area contributed by atoms with Crippen molar-refractivity contribution >= 4 is 0 Å². The second-order valence-corrected chi connectivity index (χ2v) is 10.00. The molecule has 0 unspecified atom stereocenters. The highest BCUT2D eigenvalue weighted by Crippen LogP contribution is 2.41. The summed E-state index contributed by atoms with van der Waals surface area (Å²) < 4.78 is 154. The van der Waals surface area contributed by atoms with Gasteiger partial charge in [0, 0.05) is 18.2 Å². The molecule has 0 saturated heterocycles. The van der Waals surface area contributed by atoms with Crippen LogP contribution in [-0.2, 0) is 12.2 Å². The Morgan fingerprint density at radius 1 is 0.705 bits per heavy atom. The van der Waals surface area contributed by atoms with Crippen LogP contribution in [0.4, 0.5) is 43.9 Å². The normalized spacial score (nSPS) is 17.4. The number of alkyl halides is 4. The molecule has 0 amide bonds. The predicted octanol–water partition coefficient (Wildman–Crippen LogP) is 10.5. The molecule has 0 bridgehead atoms. The van der Waals surface area contributed by atoms with Crippen LogP contribution in [0, 0.1) is 29.2 Å². The van der Waals surface area contributed by atoms with Crippen molar-refractivity contribution in [3.63, 3.8) is 0 Å². The van der Waals surface area contributed by atoms with Crippen LogP contribution >= 0.6 is 0 Å². The molecule has 0 radical (unpaired) electrons. The third-order valence-corrected chi connectivity index (χ3v) is 7.00. The Morgan fingerprint density at radius 2 is 1.23 bits per heavy atom. The summed E-state index contributed by atoms with van der Waals surface area (Å²) in [6, 6.07) is 4.58. The van der Waals surface area contributed by atoms with E-state index in [1.165, 1.54) is 6.07 Å². The van der Waals surface area contributed by atoms with Gasteiger partial charge < -0.3 is 14.2 Å². The largest absolute Gasteiger partial charge is 0.453 e. The van der Waals surface area contributed by atoms with E-state index in [1.807, 2.05) is 13.0 Å². The first-order chi connectivity index (χ1) is 20.7. The maximum Gasteiger partial charge on any atom is 0.429 e. The van der Waals surface area contributed by atoms with Crippen molar-refractivity contribution in [3.05, 3.63) is 113 Å². The lowest BCUT2D eigenvalue weighted by atomic mass is 9.78. The maximum absolute atomic E-state index is 14.9. The van der Waals surface area contributed by atoms with Crippen LogP contribution in [0.2, 0.25) is 0 Å². The maximum atomic E-state index is 14.9. The van der Waals surface area contributed by atoms with E-state index in [-0.39, 0.29) is 30.4 Å². The molecule has 0 aromatic heterocycles.